The maximum Gasteiger partial charge on any atom is 0.417 e. The fourth-order valence-corrected chi connectivity index (χ4v) is 7.45. The number of ketones is 2. The number of carbonyl (C=O) groups excluding carboxylic acids is 3. The number of alkyl halides is 3. The number of allylic oxidation sites excluding steroid dienone is 1. The Hall–Kier alpha value is -3.46. The van der Waals surface area contributed by atoms with Crippen molar-refractivity contribution in [2.24, 2.45) is 17.6 Å². The molecule has 1 unspecified atom stereocenters. The van der Waals surface area contributed by atoms with Gasteiger partial charge in [-0.2, -0.15) is 13.2 Å². The molecule has 4 aliphatic rings. The standard InChI is InChI=1S/C29H34F3N3O8/c1-11(2)35-5-6-43-10-16(35)13-9-17(36)19-14(21(13)29(30,31)32)7-12-8-15-22(34(3)4)24(38)20(27(33)41)26(40)28(15,42)25(39)18(12)23(19)37/h9,11-12,15-16,22,36,38-39,42H,5-8,10H2,1-4H3,(H2,33,41)/t12-,15-,16?,22-,28-/m0/s1. The Morgan fingerprint density at radius 3 is 2.42 bits per heavy atom. The molecule has 0 aromatic heterocycles. The number of aliphatic hydroxyl groups is 3. The summed E-state index contributed by atoms with van der Waals surface area (Å²) in [6, 6.07) is -1.39. The van der Waals surface area contributed by atoms with Crippen LogP contribution in [0.15, 0.2) is 28.7 Å². The zero-order valence-electron chi connectivity index (χ0n) is 24.0. The van der Waals surface area contributed by atoms with Crippen molar-refractivity contribution in [2.45, 2.75) is 56.6 Å². The lowest BCUT2D eigenvalue weighted by molar-refractivity contribution is -0.148. The number of amides is 1. The van der Waals surface area contributed by atoms with E-state index >= 15 is 0 Å². The van der Waals surface area contributed by atoms with E-state index in [0.29, 0.717) is 13.2 Å². The quantitative estimate of drug-likeness (QED) is 0.318. The lowest BCUT2D eigenvalue weighted by atomic mass is 9.58. The number of halogens is 3. The third-order valence-corrected chi connectivity index (χ3v) is 9.23. The zero-order chi connectivity index (χ0) is 31.9. The maximum absolute atomic E-state index is 14.9. The number of fused-ring (bicyclic) bond motifs is 3. The van der Waals surface area contributed by atoms with E-state index in [2.05, 4.69) is 0 Å². The molecule has 1 aliphatic heterocycles. The van der Waals surface area contributed by atoms with Crippen LogP contribution in [0.2, 0.25) is 0 Å². The van der Waals surface area contributed by atoms with Crippen LogP contribution in [-0.4, -0.2) is 99.2 Å². The first-order valence-corrected chi connectivity index (χ1v) is 13.9. The Labute approximate surface area is 245 Å². The van der Waals surface area contributed by atoms with Crippen molar-refractivity contribution in [2.75, 3.05) is 33.9 Å². The third kappa shape index (κ3) is 4.45. The Kier molecular flexibility index (Phi) is 7.44. The van der Waals surface area contributed by atoms with Crippen molar-refractivity contribution >= 4 is 17.5 Å². The van der Waals surface area contributed by atoms with E-state index in [9.17, 15) is 48.0 Å². The number of aromatic hydroxyl groups is 1. The van der Waals surface area contributed by atoms with E-state index in [4.69, 9.17) is 10.5 Å². The van der Waals surface area contributed by atoms with Crippen molar-refractivity contribution in [3.05, 3.63) is 51.0 Å². The minimum Gasteiger partial charge on any atom is -0.510 e. The van der Waals surface area contributed by atoms with E-state index in [-0.39, 0.29) is 24.6 Å². The van der Waals surface area contributed by atoms with Crippen molar-refractivity contribution in [1.29, 1.82) is 0 Å². The molecule has 1 amide bonds. The number of hydrogen-bond donors (Lipinski definition) is 5. The van der Waals surface area contributed by atoms with Gasteiger partial charge in [-0.3, -0.25) is 24.2 Å². The van der Waals surface area contributed by atoms with Gasteiger partial charge >= 0.3 is 6.18 Å². The second kappa shape index (κ2) is 10.3. The molecular weight excluding hydrogens is 575 g/mol. The molecule has 1 aromatic rings. The molecule has 0 radical (unpaired) electrons. The molecular formula is C29H34F3N3O8. The maximum atomic E-state index is 14.9. The van der Waals surface area contributed by atoms with Gasteiger partial charge in [0.2, 0.25) is 5.78 Å². The molecule has 3 aliphatic carbocycles. The zero-order valence-corrected chi connectivity index (χ0v) is 24.0. The summed E-state index contributed by atoms with van der Waals surface area (Å²) in [6.45, 7) is 4.26. The minimum absolute atomic E-state index is 0.0711. The number of nitrogens with two attached hydrogens (primary N) is 1. The fraction of sp³-hybridized carbons (Fsp3) is 0.552. The highest BCUT2D eigenvalue weighted by molar-refractivity contribution is 6.24. The normalized spacial score (nSPS) is 30.1. The minimum atomic E-state index is -4.95. The molecule has 0 bridgehead atoms. The predicted molar refractivity (Wildman–Crippen MR) is 144 cm³/mol. The summed E-state index contributed by atoms with van der Waals surface area (Å²) in [5.74, 6) is -9.12. The van der Waals surface area contributed by atoms with Crippen LogP contribution in [0.5, 0.6) is 5.75 Å². The number of phenolic OH excluding ortho intramolecular Hbond substituents is 1. The molecule has 6 N–H and O–H groups in total. The summed E-state index contributed by atoms with van der Waals surface area (Å²) in [5.41, 5.74) is -1.55. The third-order valence-electron chi connectivity index (χ3n) is 9.23. The Morgan fingerprint density at radius 2 is 1.86 bits per heavy atom. The number of primary amides is 1. The van der Waals surface area contributed by atoms with E-state index in [1.165, 1.54) is 19.0 Å². The van der Waals surface area contributed by atoms with Gasteiger partial charge in [0.25, 0.3) is 5.91 Å². The molecule has 0 saturated carbocycles. The number of likely N-dealkylation sites (N-methyl/N-ethyl adjacent to an activating group) is 1. The first kappa shape index (κ1) is 31.0. The molecule has 43 heavy (non-hydrogen) atoms. The first-order valence-electron chi connectivity index (χ1n) is 13.9. The van der Waals surface area contributed by atoms with Gasteiger partial charge < -0.3 is 30.9 Å². The van der Waals surface area contributed by atoms with Crippen LogP contribution >= 0.6 is 0 Å². The highest BCUT2D eigenvalue weighted by atomic mass is 19.4. The van der Waals surface area contributed by atoms with Gasteiger partial charge in [-0.15, -0.1) is 0 Å². The summed E-state index contributed by atoms with van der Waals surface area (Å²) in [5, 5.41) is 45.0. The van der Waals surface area contributed by atoms with Gasteiger partial charge in [0, 0.05) is 24.1 Å². The number of hydrogen-bond acceptors (Lipinski definition) is 10. The second-order valence-electron chi connectivity index (χ2n) is 12.1. The van der Waals surface area contributed by atoms with Crippen molar-refractivity contribution in [1.82, 2.24) is 9.80 Å². The van der Waals surface area contributed by atoms with Crippen LogP contribution in [0.1, 0.15) is 53.4 Å². The molecule has 14 heteroatoms. The lowest BCUT2D eigenvalue weighted by Gasteiger charge is -2.50. The van der Waals surface area contributed by atoms with Crippen LogP contribution in [0.3, 0.4) is 0 Å². The number of benzene rings is 1. The molecule has 5 atom stereocenters. The van der Waals surface area contributed by atoms with Gasteiger partial charge in [0.05, 0.1) is 36.4 Å². The molecule has 5 rings (SSSR count). The van der Waals surface area contributed by atoms with Gasteiger partial charge in [0.15, 0.2) is 11.4 Å². The van der Waals surface area contributed by atoms with Crippen molar-refractivity contribution < 1.29 is 52.7 Å². The predicted octanol–water partition coefficient (Wildman–Crippen LogP) is 1.92. The molecule has 1 fully saturated rings. The number of phenols is 1. The van der Waals surface area contributed by atoms with E-state index in [0.717, 1.165) is 6.07 Å². The van der Waals surface area contributed by atoms with Crippen LogP contribution in [0, 0.1) is 11.8 Å². The van der Waals surface area contributed by atoms with E-state index in [1.54, 1.807) is 0 Å². The smallest absolute Gasteiger partial charge is 0.417 e. The van der Waals surface area contributed by atoms with Gasteiger partial charge in [-0.25, -0.2) is 0 Å². The Bertz CT molecular complexity index is 1480. The number of aliphatic hydroxyl groups excluding tert-OH is 2. The highest BCUT2D eigenvalue weighted by Crippen LogP contribution is 2.54. The molecule has 1 aromatic carbocycles. The van der Waals surface area contributed by atoms with E-state index < -0.39 is 105 Å². The Balaban J connectivity index is 1.74. The number of Topliss-reactive ketones (excluding diaryl/α,β-unsaturated/α-hetero) is 2. The largest absolute Gasteiger partial charge is 0.510 e. The van der Waals surface area contributed by atoms with Crippen LogP contribution in [0.4, 0.5) is 13.2 Å². The summed E-state index contributed by atoms with van der Waals surface area (Å²) in [4.78, 5) is 42.6. The van der Waals surface area contributed by atoms with Gasteiger partial charge in [-0.1, -0.05) is 0 Å². The fourth-order valence-electron chi connectivity index (χ4n) is 7.45. The number of rotatable bonds is 4. The summed E-state index contributed by atoms with van der Waals surface area (Å²) < 4.78 is 50.2. The van der Waals surface area contributed by atoms with Crippen molar-refractivity contribution in [3.8, 4) is 5.75 Å². The van der Waals surface area contributed by atoms with Crippen molar-refractivity contribution in [3.63, 3.8) is 0 Å². The Morgan fingerprint density at radius 1 is 1.21 bits per heavy atom. The van der Waals surface area contributed by atoms with Crippen LogP contribution < -0.4 is 5.73 Å². The van der Waals surface area contributed by atoms with Crippen LogP contribution in [0.25, 0.3) is 0 Å². The summed E-state index contributed by atoms with van der Waals surface area (Å²) >= 11 is 0. The number of nitrogens with zero attached hydrogens (tertiary/aromatic N) is 2. The highest BCUT2D eigenvalue weighted by Gasteiger charge is 2.63. The van der Waals surface area contributed by atoms with Gasteiger partial charge in [0.1, 0.15) is 22.8 Å². The molecule has 0 spiro atoms. The average molecular weight is 610 g/mol. The topological polar surface area (TPSA) is 174 Å². The summed E-state index contributed by atoms with van der Waals surface area (Å²) in [6.07, 6.45) is -5.74. The molecule has 1 heterocycles. The number of carbonyl (C=O) groups is 3. The number of ether oxygens (including phenoxy) is 1. The first-order chi connectivity index (χ1) is 19.9. The summed E-state index contributed by atoms with van der Waals surface area (Å²) in [7, 11) is 2.93. The monoisotopic (exact) mass is 609 g/mol. The van der Waals surface area contributed by atoms with Crippen LogP contribution in [-0.2, 0) is 26.9 Å². The second-order valence-corrected chi connectivity index (χ2v) is 12.1. The molecule has 1 saturated heterocycles. The lowest BCUT2D eigenvalue weighted by Crippen LogP contribution is -2.63. The van der Waals surface area contributed by atoms with Gasteiger partial charge in [-0.05, 0) is 63.9 Å². The molecule has 234 valence electrons. The number of morpholine rings is 1. The van der Waals surface area contributed by atoms with E-state index in [1.807, 2.05) is 18.7 Å². The molecule has 11 nitrogen and oxygen atoms in total. The SMILES string of the molecule is CC(C)N1CCOCC1c1cc(O)c2c(c1C(F)(F)F)C[C@H]1C[C@H]3[C@H](N(C)C)C(O)=C(C(N)=O)C(=O)[C@@]3(O)C(O)=C1C2=O. The average Bonchev–Trinajstić information content (AvgIpc) is 2.89.